The number of aromatic nitrogens is 3. The zero-order chi connectivity index (χ0) is 20.4. The second kappa shape index (κ2) is 7.71. The second-order valence-corrected chi connectivity index (χ2v) is 6.60. The van der Waals surface area contributed by atoms with Gasteiger partial charge in [0.1, 0.15) is 17.3 Å². The van der Waals surface area contributed by atoms with Crippen molar-refractivity contribution >= 4 is 16.8 Å². The summed E-state index contributed by atoms with van der Waals surface area (Å²) in [5.74, 6) is -0.347. The number of benzene rings is 1. The SMILES string of the molecule is COc1cc(F)ccc1-c1cc2c(ccn2C)c(C(=O)NCc2cccnc2)n1. The van der Waals surface area contributed by atoms with Gasteiger partial charge in [0.2, 0.25) is 0 Å². The Morgan fingerprint density at radius 3 is 2.86 bits per heavy atom. The number of fused-ring (bicyclic) bond motifs is 1. The van der Waals surface area contributed by atoms with Crippen molar-refractivity contribution < 1.29 is 13.9 Å². The number of nitrogens with one attached hydrogen (secondary N) is 1. The Kier molecular flexibility index (Phi) is 4.95. The van der Waals surface area contributed by atoms with E-state index < -0.39 is 5.82 Å². The van der Waals surface area contributed by atoms with Crippen LogP contribution in [0.1, 0.15) is 16.1 Å². The first kappa shape index (κ1) is 18.6. The molecule has 0 aliphatic carbocycles. The summed E-state index contributed by atoms with van der Waals surface area (Å²) in [5.41, 5.74) is 3.17. The van der Waals surface area contributed by atoms with Gasteiger partial charge in [-0.25, -0.2) is 9.37 Å². The average Bonchev–Trinajstić information content (AvgIpc) is 3.12. The molecule has 0 fully saturated rings. The first-order valence-corrected chi connectivity index (χ1v) is 9.04. The van der Waals surface area contributed by atoms with Crippen LogP contribution < -0.4 is 10.1 Å². The number of nitrogens with zero attached hydrogens (tertiary/aromatic N) is 3. The van der Waals surface area contributed by atoms with Gasteiger partial charge in [0, 0.05) is 49.2 Å². The highest BCUT2D eigenvalue weighted by atomic mass is 19.1. The molecular formula is C22H19FN4O2. The van der Waals surface area contributed by atoms with Crippen molar-refractivity contribution in [3.05, 3.63) is 78.1 Å². The topological polar surface area (TPSA) is 69.0 Å². The maximum atomic E-state index is 13.6. The molecule has 29 heavy (non-hydrogen) atoms. The lowest BCUT2D eigenvalue weighted by Gasteiger charge is -2.12. The highest BCUT2D eigenvalue weighted by Crippen LogP contribution is 2.32. The molecule has 0 aliphatic heterocycles. The number of carbonyl (C=O) groups excluding carboxylic acids is 1. The molecule has 0 bridgehead atoms. The van der Waals surface area contributed by atoms with Gasteiger partial charge in [0.25, 0.3) is 5.91 Å². The van der Waals surface area contributed by atoms with E-state index in [1.165, 1.54) is 19.2 Å². The van der Waals surface area contributed by atoms with Gasteiger partial charge in [0.15, 0.2) is 0 Å². The van der Waals surface area contributed by atoms with E-state index in [1.54, 1.807) is 18.5 Å². The van der Waals surface area contributed by atoms with Crippen molar-refractivity contribution in [3.63, 3.8) is 0 Å². The summed E-state index contributed by atoms with van der Waals surface area (Å²) in [6.45, 7) is 0.340. The molecule has 6 nitrogen and oxygen atoms in total. The Morgan fingerprint density at radius 2 is 2.10 bits per heavy atom. The lowest BCUT2D eigenvalue weighted by Crippen LogP contribution is -2.24. The van der Waals surface area contributed by atoms with Crippen molar-refractivity contribution in [2.24, 2.45) is 7.05 Å². The molecule has 3 heterocycles. The van der Waals surface area contributed by atoms with Crippen molar-refractivity contribution in [3.8, 4) is 17.0 Å². The molecule has 0 radical (unpaired) electrons. The van der Waals surface area contributed by atoms with Gasteiger partial charge < -0.3 is 14.6 Å². The van der Waals surface area contributed by atoms with E-state index in [9.17, 15) is 9.18 Å². The van der Waals surface area contributed by atoms with Crippen molar-refractivity contribution in [2.45, 2.75) is 6.54 Å². The van der Waals surface area contributed by atoms with Crippen LogP contribution >= 0.6 is 0 Å². The number of amides is 1. The van der Waals surface area contributed by atoms with Gasteiger partial charge in [-0.2, -0.15) is 0 Å². The third-order valence-corrected chi connectivity index (χ3v) is 4.71. The van der Waals surface area contributed by atoms with Gasteiger partial charge in [-0.3, -0.25) is 9.78 Å². The minimum Gasteiger partial charge on any atom is -0.496 e. The van der Waals surface area contributed by atoms with E-state index in [2.05, 4.69) is 15.3 Å². The van der Waals surface area contributed by atoms with Crippen LogP contribution in [0.4, 0.5) is 4.39 Å². The molecular weight excluding hydrogens is 371 g/mol. The lowest BCUT2D eigenvalue weighted by atomic mass is 10.1. The number of hydrogen-bond donors (Lipinski definition) is 1. The van der Waals surface area contributed by atoms with E-state index >= 15 is 0 Å². The van der Waals surface area contributed by atoms with E-state index in [4.69, 9.17) is 4.74 Å². The molecule has 0 unspecified atom stereocenters. The molecule has 0 atom stereocenters. The summed E-state index contributed by atoms with van der Waals surface area (Å²) in [6.07, 6.45) is 5.25. The molecule has 1 N–H and O–H groups in total. The van der Waals surface area contributed by atoms with Crippen LogP contribution in [-0.2, 0) is 13.6 Å². The minimum absolute atomic E-state index is 0.298. The summed E-state index contributed by atoms with van der Waals surface area (Å²) in [5, 5.41) is 3.63. The van der Waals surface area contributed by atoms with Crippen molar-refractivity contribution in [1.82, 2.24) is 19.9 Å². The van der Waals surface area contributed by atoms with Crippen LogP contribution in [-0.4, -0.2) is 27.6 Å². The highest BCUT2D eigenvalue weighted by molar-refractivity contribution is 6.05. The molecule has 0 saturated carbocycles. The Morgan fingerprint density at radius 1 is 1.24 bits per heavy atom. The predicted molar refractivity (Wildman–Crippen MR) is 108 cm³/mol. The molecule has 3 aromatic heterocycles. The van der Waals surface area contributed by atoms with Crippen molar-refractivity contribution in [2.75, 3.05) is 7.11 Å². The van der Waals surface area contributed by atoms with Crippen LogP contribution in [0.15, 0.2) is 61.1 Å². The molecule has 4 aromatic rings. The van der Waals surface area contributed by atoms with Gasteiger partial charge in [-0.15, -0.1) is 0 Å². The first-order chi connectivity index (χ1) is 14.1. The molecule has 1 amide bonds. The van der Waals surface area contributed by atoms with Crippen LogP contribution in [0.3, 0.4) is 0 Å². The predicted octanol–water partition coefficient (Wildman–Crippen LogP) is 3.71. The van der Waals surface area contributed by atoms with Gasteiger partial charge in [-0.1, -0.05) is 6.07 Å². The van der Waals surface area contributed by atoms with Crippen LogP contribution in [0.25, 0.3) is 22.2 Å². The molecule has 0 aliphatic rings. The van der Waals surface area contributed by atoms with Crippen molar-refractivity contribution in [1.29, 1.82) is 0 Å². The Labute approximate surface area is 167 Å². The maximum absolute atomic E-state index is 13.6. The fourth-order valence-corrected chi connectivity index (χ4v) is 3.22. The van der Waals surface area contributed by atoms with Crippen LogP contribution in [0, 0.1) is 5.82 Å². The third-order valence-electron chi connectivity index (χ3n) is 4.71. The number of pyridine rings is 2. The summed E-state index contributed by atoms with van der Waals surface area (Å²) in [6, 6.07) is 11.7. The number of carbonyl (C=O) groups is 1. The normalized spacial score (nSPS) is 10.9. The fraction of sp³-hybridized carbons (Fsp3) is 0.136. The summed E-state index contributed by atoms with van der Waals surface area (Å²) < 4.78 is 20.8. The van der Waals surface area contributed by atoms with Gasteiger partial charge in [-0.05, 0) is 35.9 Å². The number of halogens is 1. The number of aryl methyl sites for hydroxylation is 1. The second-order valence-electron chi connectivity index (χ2n) is 6.60. The van der Waals surface area contributed by atoms with Gasteiger partial charge >= 0.3 is 0 Å². The molecule has 0 spiro atoms. The zero-order valence-corrected chi connectivity index (χ0v) is 16.0. The lowest BCUT2D eigenvalue weighted by molar-refractivity contribution is 0.0948. The van der Waals surface area contributed by atoms with Gasteiger partial charge in [0.05, 0.1) is 18.3 Å². The number of ether oxygens (including phenoxy) is 1. The molecule has 4 rings (SSSR count). The smallest absolute Gasteiger partial charge is 0.270 e. The highest BCUT2D eigenvalue weighted by Gasteiger charge is 2.18. The fourth-order valence-electron chi connectivity index (χ4n) is 3.22. The minimum atomic E-state index is -0.403. The quantitative estimate of drug-likeness (QED) is 0.564. The number of hydrogen-bond acceptors (Lipinski definition) is 4. The van der Waals surface area contributed by atoms with E-state index in [0.29, 0.717) is 29.2 Å². The standard InChI is InChI=1S/C22H19FN4O2/c1-27-9-7-17-19(27)11-18(16-6-5-15(23)10-20(16)29-2)26-21(17)22(28)25-13-14-4-3-8-24-12-14/h3-12H,13H2,1-2H3,(H,25,28). The van der Waals surface area contributed by atoms with Crippen LogP contribution in [0.2, 0.25) is 0 Å². The number of rotatable bonds is 5. The van der Waals surface area contributed by atoms with Crippen LogP contribution in [0.5, 0.6) is 5.75 Å². The first-order valence-electron chi connectivity index (χ1n) is 9.04. The molecule has 146 valence electrons. The van der Waals surface area contributed by atoms with E-state index in [-0.39, 0.29) is 5.91 Å². The number of methoxy groups -OCH3 is 1. The molecule has 7 heteroatoms. The third kappa shape index (κ3) is 3.67. The zero-order valence-electron chi connectivity index (χ0n) is 16.0. The Balaban J connectivity index is 1.77. The maximum Gasteiger partial charge on any atom is 0.270 e. The van der Waals surface area contributed by atoms with E-state index in [1.807, 2.05) is 42.1 Å². The molecule has 0 saturated heterocycles. The Bertz CT molecular complexity index is 1190. The summed E-state index contributed by atoms with van der Waals surface area (Å²) in [4.78, 5) is 21.6. The summed E-state index contributed by atoms with van der Waals surface area (Å²) >= 11 is 0. The Hall–Kier alpha value is -3.74. The van der Waals surface area contributed by atoms with E-state index in [0.717, 1.165) is 16.5 Å². The summed E-state index contributed by atoms with van der Waals surface area (Å²) in [7, 11) is 3.37. The largest absolute Gasteiger partial charge is 0.496 e. The molecule has 1 aromatic carbocycles. The monoisotopic (exact) mass is 390 g/mol. The average molecular weight is 390 g/mol.